The molecule has 9 heavy (non-hydrogen) atoms. The number of hydrogen-bond acceptors (Lipinski definition) is 3. The van der Waals surface area contributed by atoms with Crippen LogP contribution in [0.3, 0.4) is 0 Å². The third-order valence-corrected chi connectivity index (χ3v) is 1.59. The maximum absolute atomic E-state index is 9.57. The molecule has 0 fully saturated rings. The maximum Gasteiger partial charge on any atom is 1.00 e. The van der Waals surface area contributed by atoms with Gasteiger partial charge < -0.3 is 11.2 Å². The molecule has 0 aliphatic heterocycles. The van der Waals surface area contributed by atoms with Gasteiger partial charge in [0.2, 0.25) is 0 Å². The van der Waals surface area contributed by atoms with Gasteiger partial charge in [-0.2, -0.15) is 0 Å². The van der Waals surface area contributed by atoms with Gasteiger partial charge in [0.1, 0.15) is 0 Å². The minimum atomic E-state index is -4.76. The van der Waals surface area contributed by atoms with Crippen molar-refractivity contribution in [1.82, 2.24) is 0 Å². The summed E-state index contributed by atoms with van der Waals surface area (Å²) in [6, 6.07) is 0. The Kier molecular flexibility index (Phi) is 6.98. The van der Waals surface area contributed by atoms with Crippen molar-refractivity contribution in [3.05, 3.63) is 0 Å². The van der Waals surface area contributed by atoms with Crippen LogP contribution in [0.5, 0.6) is 0 Å². The van der Waals surface area contributed by atoms with Gasteiger partial charge in [0.15, 0.2) is 0 Å². The van der Waals surface area contributed by atoms with Gasteiger partial charge in [-0.25, -0.2) is 4.57 Å². The van der Waals surface area contributed by atoms with Crippen molar-refractivity contribution < 1.29 is 59.1 Å². The SMILES string of the molecule is O=[P+](O)OP(=O)(O)O.[H-].[Na+]. The molecule has 1 atom stereocenters. The Hall–Kier alpha value is 1.17. The fourth-order valence-electron chi connectivity index (χ4n) is 0.0910. The second kappa shape index (κ2) is 4.91. The van der Waals surface area contributed by atoms with Crippen molar-refractivity contribution in [2.75, 3.05) is 0 Å². The molecule has 0 aromatic rings. The van der Waals surface area contributed by atoms with E-state index in [0.717, 1.165) is 0 Å². The zero-order valence-electron chi connectivity index (χ0n) is 5.46. The van der Waals surface area contributed by atoms with Crippen molar-refractivity contribution in [3.8, 4) is 0 Å². The molecule has 0 spiro atoms. The third kappa shape index (κ3) is 12.4. The summed E-state index contributed by atoms with van der Waals surface area (Å²) < 4.78 is 22.2. The van der Waals surface area contributed by atoms with E-state index < -0.39 is 16.1 Å². The van der Waals surface area contributed by atoms with Crippen LogP contribution in [-0.2, 0) is 13.4 Å². The van der Waals surface area contributed by atoms with E-state index in [2.05, 4.69) is 4.31 Å². The van der Waals surface area contributed by atoms with Crippen LogP contribution in [0.2, 0.25) is 0 Å². The molecule has 0 bridgehead atoms. The first kappa shape index (κ1) is 12.8. The molecular weight excluding hydrogens is 181 g/mol. The van der Waals surface area contributed by atoms with E-state index in [9.17, 15) is 9.13 Å². The molecule has 1 unspecified atom stereocenters. The van der Waals surface area contributed by atoms with Crippen LogP contribution < -0.4 is 29.6 Å². The van der Waals surface area contributed by atoms with Crippen LogP contribution in [0.25, 0.3) is 0 Å². The quantitative estimate of drug-likeness (QED) is 0.310. The molecule has 0 aromatic heterocycles. The van der Waals surface area contributed by atoms with Crippen molar-refractivity contribution in [1.29, 1.82) is 0 Å². The van der Waals surface area contributed by atoms with E-state index in [1.165, 1.54) is 0 Å². The molecule has 6 nitrogen and oxygen atoms in total. The van der Waals surface area contributed by atoms with Gasteiger partial charge in [-0.3, -0.25) is 0 Å². The normalized spacial score (nSPS) is 12.1. The van der Waals surface area contributed by atoms with Crippen molar-refractivity contribution in [3.63, 3.8) is 0 Å². The molecule has 50 valence electrons. The van der Waals surface area contributed by atoms with Gasteiger partial charge in [0.25, 0.3) is 0 Å². The van der Waals surface area contributed by atoms with E-state index in [0.29, 0.717) is 0 Å². The molecule has 0 amide bonds. The first-order chi connectivity index (χ1) is 3.42. The molecule has 3 N–H and O–H groups in total. The monoisotopic (exact) mass is 185 g/mol. The van der Waals surface area contributed by atoms with Crippen LogP contribution >= 0.6 is 16.1 Å². The zero-order chi connectivity index (χ0) is 6.78. The molecule has 0 saturated heterocycles. The summed E-state index contributed by atoms with van der Waals surface area (Å²) in [5.41, 5.74) is 0. The van der Waals surface area contributed by atoms with Crippen molar-refractivity contribution in [2.45, 2.75) is 0 Å². The molecular formula is H4NaO6P2+. The average Bonchev–Trinajstić information content (AvgIpc) is 1.21. The van der Waals surface area contributed by atoms with Crippen molar-refractivity contribution in [2.24, 2.45) is 0 Å². The molecule has 0 aliphatic rings. The predicted molar refractivity (Wildman–Crippen MR) is 24.1 cm³/mol. The van der Waals surface area contributed by atoms with Crippen molar-refractivity contribution >= 4 is 16.1 Å². The summed E-state index contributed by atoms with van der Waals surface area (Å²) in [5, 5.41) is 0. The van der Waals surface area contributed by atoms with E-state index >= 15 is 0 Å². The van der Waals surface area contributed by atoms with Gasteiger partial charge >= 0.3 is 45.6 Å². The molecule has 9 heteroatoms. The van der Waals surface area contributed by atoms with Gasteiger partial charge in [0.05, 0.1) is 0 Å². The second-order valence-electron chi connectivity index (χ2n) is 0.810. The molecule has 0 rings (SSSR count). The Labute approximate surface area is 75.2 Å². The van der Waals surface area contributed by atoms with E-state index in [4.69, 9.17) is 14.7 Å². The smallest absolute Gasteiger partial charge is 1.00 e. The minimum Gasteiger partial charge on any atom is -1.00 e. The Morgan fingerprint density at radius 1 is 1.56 bits per heavy atom. The first-order valence-corrected chi connectivity index (χ1v) is 3.99. The van der Waals surface area contributed by atoms with Crippen LogP contribution in [0.1, 0.15) is 1.43 Å². The number of phosphoric acid groups is 1. The predicted octanol–water partition coefficient (Wildman–Crippen LogP) is -3.14. The Morgan fingerprint density at radius 2 is 1.89 bits per heavy atom. The van der Waals surface area contributed by atoms with Gasteiger partial charge in [-0.1, -0.05) is 0 Å². The minimum absolute atomic E-state index is 0. The molecule has 0 heterocycles. The van der Waals surface area contributed by atoms with Crippen LogP contribution in [-0.4, -0.2) is 14.7 Å². The second-order valence-corrected chi connectivity index (χ2v) is 2.92. The summed E-state index contributed by atoms with van der Waals surface area (Å²) in [6.07, 6.45) is 0. The van der Waals surface area contributed by atoms with E-state index in [1.807, 2.05) is 0 Å². The molecule has 0 aromatic carbocycles. The fourth-order valence-corrected chi connectivity index (χ4v) is 0.819. The average molecular weight is 185 g/mol. The zero-order valence-corrected chi connectivity index (χ0v) is 8.25. The Morgan fingerprint density at radius 3 is 1.89 bits per heavy atom. The summed E-state index contributed by atoms with van der Waals surface area (Å²) in [6.45, 7) is 0. The van der Waals surface area contributed by atoms with Gasteiger partial charge in [-0.05, 0) is 4.31 Å². The Balaban J connectivity index is -0.000000245. The molecule has 0 saturated carbocycles. The fraction of sp³-hybridized carbons (Fsp3) is 0. The topological polar surface area (TPSA) is 104 Å². The summed E-state index contributed by atoms with van der Waals surface area (Å²) in [4.78, 5) is 23.1. The van der Waals surface area contributed by atoms with E-state index in [-0.39, 0.29) is 31.0 Å². The molecule has 0 radical (unpaired) electrons. The summed E-state index contributed by atoms with van der Waals surface area (Å²) in [5.74, 6) is 0. The largest absolute Gasteiger partial charge is 1.00 e. The first-order valence-electron chi connectivity index (χ1n) is 1.33. The van der Waals surface area contributed by atoms with Gasteiger partial charge in [0, 0.05) is 4.57 Å². The van der Waals surface area contributed by atoms with Crippen LogP contribution in [0, 0.1) is 0 Å². The maximum atomic E-state index is 9.57. The third-order valence-electron chi connectivity index (χ3n) is 0.176. The number of rotatable bonds is 2. The summed E-state index contributed by atoms with van der Waals surface area (Å²) >= 11 is 0. The van der Waals surface area contributed by atoms with Crippen LogP contribution in [0.15, 0.2) is 0 Å². The molecule has 0 aliphatic carbocycles. The van der Waals surface area contributed by atoms with Crippen LogP contribution in [0.4, 0.5) is 0 Å². The Bertz CT molecular complexity index is 139. The standard InChI is InChI=1S/Na.H2O6P2.H/c;1-7(2)6-8(3,4)5;/h;(H2-,1,2,3,4,5);/q+1;;-1/p+1. The summed E-state index contributed by atoms with van der Waals surface area (Å²) in [7, 11) is -7.96. The van der Waals surface area contributed by atoms with Gasteiger partial charge in [-0.15, -0.1) is 4.89 Å². The number of hydrogen-bond donors (Lipinski definition) is 3. The van der Waals surface area contributed by atoms with E-state index in [1.54, 1.807) is 0 Å².